The minimum atomic E-state index is 0.574. The third-order valence-corrected chi connectivity index (χ3v) is 4.52. The lowest BCUT2D eigenvalue weighted by Gasteiger charge is -2.28. The van der Waals surface area contributed by atoms with E-state index in [0.717, 1.165) is 26.1 Å². The minimum Gasteiger partial charge on any atom is -0.381 e. The lowest BCUT2D eigenvalue weighted by molar-refractivity contribution is 0.0652. The van der Waals surface area contributed by atoms with Gasteiger partial charge in [0.2, 0.25) is 0 Å². The van der Waals surface area contributed by atoms with Crippen LogP contribution in [0.2, 0.25) is 0 Å². The number of hydrogen-bond acceptors (Lipinski definition) is 3. The number of nitrogens with zero attached hydrogens (tertiary/aromatic N) is 2. The van der Waals surface area contributed by atoms with Gasteiger partial charge in [0.15, 0.2) is 0 Å². The first-order valence-electron chi connectivity index (χ1n) is 6.82. The smallest absolute Gasteiger partial charge is 0.0566 e. The van der Waals surface area contributed by atoms with Crippen LogP contribution in [0.1, 0.15) is 49.0 Å². The summed E-state index contributed by atoms with van der Waals surface area (Å²) >= 11 is 0. The van der Waals surface area contributed by atoms with E-state index in [9.17, 15) is 0 Å². The standard InChI is InChI=1S/C13H19N3O/c1-2-12-11-8-14-16(10-3-5-17-6-4-10)13(11)7-9(1)15-12/h8-10,12,15H,1-7H2. The van der Waals surface area contributed by atoms with Crippen LogP contribution in [-0.4, -0.2) is 29.0 Å². The zero-order valence-corrected chi connectivity index (χ0v) is 10.1. The monoisotopic (exact) mass is 233 g/mol. The van der Waals surface area contributed by atoms with E-state index in [0.29, 0.717) is 18.1 Å². The van der Waals surface area contributed by atoms with Crippen molar-refractivity contribution < 1.29 is 4.74 Å². The Morgan fingerprint density at radius 1 is 1.24 bits per heavy atom. The summed E-state index contributed by atoms with van der Waals surface area (Å²) in [5.41, 5.74) is 2.97. The van der Waals surface area contributed by atoms with Gasteiger partial charge >= 0.3 is 0 Å². The van der Waals surface area contributed by atoms with E-state index in [1.54, 1.807) is 0 Å². The lowest BCUT2D eigenvalue weighted by atomic mass is 10.0. The second-order valence-corrected chi connectivity index (χ2v) is 5.53. The van der Waals surface area contributed by atoms with Crippen LogP contribution in [0.15, 0.2) is 6.20 Å². The van der Waals surface area contributed by atoms with Gasteiger partial charge in [-0.15, -0.1) is 0 Å². The normalized spacial score (nSPS) is 32.7. The summed E-state index contributed by atoms with van der Waals surface area (Å²) in [7, 11) is 0. The fraction of sp³-hybridized carbons (Fsp3) is 0.769. The molecule has 0 saturated carbocycles. The molecular weight excluding hydrogens is 214 g/mol. The van der Waals surface area contributed by atoms with Crippen LogP contribution >= 0.6 is 0 Å². The molecule has 0 spiro atoms. The minimum absolute atomic E-state index is 0.574. The molecule has 3 aliphatic rings. The Balaban J connectivity index is 1.69. The third kappa shape index (κ3) is 1.54. The first-order valence-corrected chi connectivity index (χ1v) is 6.82. The molecule has 0 aliphatic carbocycles. The summed E-state index contributed by atoms with van der Waals surface area (Å²) in [6.07, 6.45) is 8.13. The van der Waals surface area contributed by atoms with Crippen LogP contribution in [0, 0.1) is 0 Å². The van der Waals surface area contributed by atoms with Crippen molar-refractivity contribution >= 4 is 0 Å². The van der Waals surface area contributed by atoms with E-state index in [1.807, 2.05) is 0 Å². The SMILES string of the molecule is c1nn(C2CCOCC2)c2c1C1CCC(C2)N1. The lowest BCUT2D eigenvalue weighted by Crippen LogP contribution is -2.33. The summed E-state index contributed by atoms with van der Waals surface area (Å²) in [5.74, 6) is 0. The summed E-state index contributed by atoms with van der Waals surface area (Å²) < 4.78 is 7.75. The van der Waals surface area contributed by atoms with E-state index < -0.39 is 0 Å². The molecule has 1 aromatic heterocycles. The Morgan fingerprint density at radius 3 is 3.00 bits per heavy atom. The molecule has 2 bridgehead atoms. The Kier molecular flexibility index (Phi) is 2.27. The van der Waals surface area contributed by atoms with Crippen molar-refractivity contribution in [2.75, 3.05) is 13.2 Å². The van der Waals surface area contributed by atoms with E-state index in [2.05, 4.69) is 21.3 Å². The molecule has 2 fully saturated rings. The maximum absolute atomic E-state index is 5.44. The van der Waals surface area contributed by atoms with Crippen molar-refractivity contribution in [3.63, 3.8) is 0 Å². The van der Waals surface area contributed by atoms with Crippen LogP contribution in [-0.2, 0) is 11.2 Å². The molecule has 1 aromatic rings. The molecule has 17 heavy (non-hydrogen) atoms. The van der Waals surface area contributed by atoms with Crippen molar-refractivity contribution in [2.45, 2.75) is 50.2 Å². The van der Waals surface area contributed by atoms with Gasteiger partial charge in [0.05, 0.1) is 12.2 Å². The average Bonchev–Trinajstić information content (AvgIpc) is 2.96. The predicted octanol–water partition coefficient (Wildman–Crippen LogP) is 1.58. The van der Waals surface area contributed by atoms with Crippen molar-refractivity contribution in [3.05, 3.63) is 17.5 Å². The van der Waals surface area contributed by atoms with Crippen LogP contribution in [0.4, 0.5) is 0 Å². The highest BCUT2D eigenvalue weighted by Crippen LogP contribution is 2.37. The van der Waals surface area contributed by atoms with Gasteiger partial charge in [0.1, 0.15) is 0 Å². The Bertz CT molecular complexity index is 422. The van der Waals surface area contributed by atoms with Crippen LogP contribution in [0.3, 0.4) is 0 Å². The van der Waals surface area contributed by atoms with E-state index in [4.69, 9.17) is 4.74 Å². The largest absolute Gasteiger partial charge is 0.381 e. The molecule has 92 valence electrons. The summed E-state index contributed by atoms with van der Waals surface area (Å²) in [5, 5.41) is 8.35. The molecule has 2 atom stereocenters. The molecule has 4 heterocycles. The topological polar surface area (TPSA) is 39.1 Å². The number of ether oxygens (including phenoxy) is 1. The number of hydrogen-bond donors (Lipinski definition) is 1. The molecule has 2 unspecified atom stereocenters. The van der Waals surface area contributed by atoms with Crippen molar-refractivity contribution in [1.82, 2.24) is 15.1 Å². The molecule has 3 aliphatic heterocycles. The molecule has 0 amide bonds. The van der Waals surface area contributed by atoms with Crippen LogP contribution < -0.4 is 5.32 Å². The maximum atomic E-state index is 5.44. The van der Waals surface area contributed by atoms with Gasteiger partial charge in [-0.2, -0.15) is 5.10 Å². The van der Waals surface area contributed by atoms with Gasteiger partial charge in [0.25, 0.3) is 0 Å². The molecule has 1 N–H and O–H groups in total. The zero-order valence-electron chi connectivity index (χ0n) is 10.1. The highest BCUT2D eigenvalue weighted by Gasteiger charge is 2.35. The number of aromatic nitrogens is 2. The second-order valence-electron chi connectivity index (χ2n) is 5.53. The van der Waals surface area contributed by atoms with Gasteiger partial charge in [-0.25, -0.2) is 0 Å². The van der Waals surface area contributed by atoms with E-state index in [-0.39, 0.29) is 0 Å². The quantitative estimate of drug-likeness (QED) is 0.800. The summed E-state index contributed by atoms with van der Waals surface area (Å²) in [6, 6.07) is 1.85. The Labute approximate surface area is 101 Å². The highest BCUT2D eigenvalue weighted by molar-refractivity contribution is 5.29. The van der Waals surface area contributed by atoms with E-state index >= 15 is 0 Å². The average molecular weight is 233 g/mol. The Morgan fingerprint density at radius 2 is 2.12 bits per heavy atom. The molecule has 2 saturated heterocycles. The Hall–Kier alpha value is -0.870. The molecule has 4 rings (SSSR count). The van der Waals surface area contributed by atoms with E-state index in [1.165, 1.54) is 30.5 Å². The van der Waals surface area contributed by atoms with Gasteiger partial charge < -0.3 is 10.1 Å². The molecule has 4 nitrogen and oxygen atoms in total. The van der Waals surface area contributed by atoms with Crippen LogP contribution in [0.5, 0.6) is 0 Å². The highest BCUT2D eigenvalue weighted by atomic mass is 16.5. The van der Waals surface area contributed by atoms with Crippen molar-refractivity contribution in [1.29, 1.82) is 0 Å². The number of rotatable bonds is 1. The zero-order chi connectivity index (χ0) is 11.2. The molecule has 0 aromatic carbocycles. The second kappa shape index (κ2) is 3.82. The summed E-state index contributed by atoms with van der Waals surface area (Å²) in [4.78, 5) is 0. The maximum Gasteiger partial charge on any atom is 0.0566 e. The van der Waals surface area contributed by atoms with Gasteiger partial charge in [0, 0.05) is 43.0 Å². The first kappa shape index (κ1) is 10.1. The molecular formula is C13H19N3O. The predicted molar refractivity (Wildman–Crippen MR) is 63.9 cm³/mol. The molecule has 0 radical (unpaired) electrons. The van der Waals surface area contributed by atoms with Gasteiger partial charge in [-0.05, 0) is 25.7 Å². The van der Waals surface area contributed by atoms with Gasteiger partial charge in [-0.3, -0.25) is 4.68 Å². The number of fused-ring (bicyclic) bond motifs is 4. The first-order chi connectivity index (χ1) is 8.42. The van der Waals surface area contributed by atoms with Gasteiger partial charge in [-0.1, -0.05) is 0 Å². The van der Waals surface area contributed by atoms with Crippen molar-refractivity contribution in [3.8, 4) is 0 Å². The third-order valence-electron chi connectivity index (χ3n) is 4.52. The fourth-order valence-corrected chi connectivity index (χ4v) is 3.61. The number of nitrogens with one attached hydrogen (secondary N) is 1. The molecule has 4 heteroatoms. The van der Waals surface area contributed by atoms with Crippen LogP contribution in [0.25, 0.3) is 0 Å². The summed E-state index contributed by atoms with van der Waals surface area (Å²) in [6.45, 7) is 1.79. The fourth-order valence-electron chi connectivity index (χ4n) is 3.61. The van der Waals surface area contributed by atoms with Crippen molar-refractivity contribution in [2.24, 2.45) is 0 Å².